The molecule has 1 atom stereocenters. The molecule has 1 amide bonds. The maximum atomic E-state index is 14.0. The van der Waals surface area contributed by atoms with Gasteiger partial charge in [0.15, 0.2) is 0 Å². The van der Waals surface area contributed by atoms with E-state index in [1.165, 1.54) is 17.8 Å². The minimum absolute atomic E-state index is 0.0362. The van der Waals surface area contributed by atoms with Crippen LogP contribution in [0.3, 0.4) is 0 Å². The molecule has 0 aromatic heterocycles. The summed E-state index contributed by atoms with van der Waals surface area (Å²) in [6.45, 7) is 0.467. The van der Waals surface area contributed by atoms with Gasteiger partial charge in [0.2, 0.25) is 5.91 Å². The molecule has 0 aliphatic carbocycles. The van der Waals surface area contributed by atoms with Crippen LogP contribution in [0, 0.1) is 5.82 Å². The maximum Gasteiger partial charge on any atom is 0.234 e. The molecule has 2 aromatic carbocycles. The summed E-state index contributed by atoms with van der Waals surface area (Å²) >= 11 is 1.46. The van der Waals surface area contributed by atoms with Crippen LogP contribution < -0.4 is 4.74 Å². The third-order valence-electron chi connectivity index (χ3n) is 3.65. The van der Waals surface area contributed by atoms with Gasteiger partial charge >= 0.3 is 0 Å². The molecule has 1 fully saturated rings. The highest BCUT2D eigenvalue weighted by molar-refractivity contribution is 8.00. The lowest BCUT2D eigenvalue weighted by Crippen LogP contribution is -2.28. The first-order valence-electron chi connectivity index (χ1n) is 6.97. The monoisotopic (exact) mass is 317 g/mol. The van der Waals surface area contributed by atoms with Crippen LogP contribution in [0.5, 0.6) is 5.75 Å². The lowest BCUT2D eigenvalue weighted by molar-refractivity contribution is -0.128. The van der Waals surface area contributed by atoms with E-state index in [4.69, 9.17) is 4.74 Å². The fraction of sp³-hybridized carbons (Fsp3) is 0.235. The zero-order valence-corrected chi connectivity index (χ0v) is 13.0. The Kier molecular flexibility index (Phi) is 4.34. The molecular formula is C17H16FNO2S. The van der Waals surface area contributed by atoms with Crippen LogP contribution in [-0.2, 0) is 11.3 Å². The Morgan fingerprint density at radius 2 is 1.95 bits per heavy atom. The van der Waals surface area contributed by atoms with Gasteiger partial charge in [0, 0.05) is 12.1 Å². The second-order valence-electron chi connectivity index (χ2n) is 5.05. The van der Waals surface area contributed by atoms with Gasteiger partial charge in [-0.05, 0) is 23.8 Å². The Bertz CT molecular complexity index is 675. The Hall–Kier alpha value is -2.01. The quantitative estimate of drug-likeness (QED) is 0.863. The topological polar surface area (TPSA) is 29.5 Å². The van der Waals surface area contributed by atoms with Gasteiger partial charge in [-0.25, -0.2) is 4.39 Å². The van der Waals surface area contributed by atoms with Crippen LogP contribution in [0.4, 0.5) is 4.39 Å². The molecule has 0 bridgehead atoms. The van der Waals surface area contributed by atoms with Gasteiger partial charge in [0.05, 0.1) is 12.9 Å². The highest BCUT2D eigenvalue weighted by atomic mass is 32.2. The minimum atomic E-state index is -0.269. The van der Waals surface area contributed by atoms with Crippen molar-refractivity contribution in [3.05, 3.63) is 65.5 Å². The van der Waals surface area contributed by atoms with Crippen LogP contribution >= 0.6 is 11.8 Å². The number of carbonyl (C=O) groups excluding carboxylic acids is 1. The van der Waals surface area contributed by atoms with Crippen LogP contribution in [0.15, 0.2) is 48.5 Å². The van der Waals surface area contributed by atoms with E-state index in [0.29, 0.717) is 17.9 Å². The average Bonchev–Trinajstić information content (AvgIpc) is 2.90. The normalized spacial score (nSPS) is 17.8. The number of rotatable bonds is 4. The number of amides is 1. The summed E-state index contributed by atoms with van der Waals surface area (Å²) < 4.78 is 19.1. The van der Waals surface area contributed by atoms with Crippen LogP contribution in [0.2, 0.25) is 0 Å². The maximum absolute atomic E-state index is 14.0. The average molecular weight is 317 g/mol. The van der Waals surface area contributed by atoms with E-state index in [-0.39, 0.29) is 17.1 Å². The molecule has 1 heterocycles. The predicted octanol–water partition coefficient (Wildman–Crippen LogP) is 3.61. The van der Waals surface area contributed by atoms with Crippen molar-refractivity contribution in [3.8, 4) is 5.75 Å². The molecule has 114 valence electrons. The molecular weight excluding hydrogens is 301 g/mol. The van der Waals surface area contributed by atoms with Gasteiger partial charge in [-0.1, -0.05) is 30.3 Å². The number of thioether (sulfide) groups is 1. The number of nitrogens with zero attached hydrogens (tertiary/aromatic N) is 1. The number of halogens is 1. The van der Waals surface area contributed by atoms with E-state index in [2.05, 4.69) is 0 Å². The molecule has 1 aliphatic rings. The van der Waals surface area contributed by atoms with Crippen molar-refractivity contribution in [1.29, 1.82) is 0 Å². The van der Waals surface area contributed by atoms with Gasteiger partial charge < -0.3 is 9.64 Å². The second-order valence-corrected chi connectivity index (χ2v) is 6.12. The third-order valence-corrected chi connectivity index (χ3v) is 4.89. The number of carbonyl (C=O) groups is 1. The summed E-state index contributed by atoms with van der Waals surface area (Å²) in [6, 6.07) is 14.2. The first-order chi connectivity index (χ1) is 10.7. The van der Waals surface area contributed by atoms with Gasteiger partial charge in [-0.2, -0.15) is 0 Å². The molecule has 5 heteroatoms. The highest BCUT2D eigenvalue weighted by Gasteiger charge is 2.34. The first-order valence-corrected chi connectivity index (χ1v) is 8.02. The van der Waals surface area contributed by atoms with E-state index in [1.807, 2.05) is 24.3 Å². The third kappa shape index (κ3) is 2.95. The molecule has 0 saturated carbocycles. The number of hydrogen-bond donors (Lipinski definition) is 0. The summed E-state index contributed by atoms with van der Waals surface area (Å²) in [6.07, 6.45) is 0. The Balaban J connectivity index is 1.83. The van der Waals surface area contributed by atoms with E-state index in [0.717, 1.165) is 11.3 Å². The first kappa shape index (κ1) is 14.9. The van der Waals surface area contributed by atoms with Crippen molar-refractivity contribution in [3.63, 3.8) is 0 Å². The summed E-state index contributed by atoms with van der Waals surface area (Å²) in [7, 11) is 1.61. The summed E-state index contributed by atoms with van der Waals surface area (Å²) in [5.41, 5.74) is 1.56. The lowest BCUT2D eigenvalue weighted by Gasteiger charge is -2.24. The van der Waals surface area contributed by atoms with E-state index < -0.39 is 0 Å². The smallest absolute Gasteiger partial charge is 0.234 e. The highest BCUT2D eigenvalue weighted by Crippen LogP contribution is 2.40. The molecule has 1 saturated heterocycles. The summed E-state index contributed by atoms with van der Waals surface area (Å²) in [4.78, 5) is 13.9. The van der Waals surface area contributed by atoms with Crippen LogP contribution in [0.1, 0.15) is 16.5 Å². The van der Waals surface area contributed by atoms with Crippen molar-refractivity contribution in [2.24, 2.45) is 0 Å². The van der Waals surface area contributed by atoms with E-state index >= 15 is 0 Å². The minimum Gasteiger partial charge on any atom is -0.497 e. The summed E-state index contributed by atoms with van der Waals surface area (Å²) in [5, 5.41) is -0.268. The molecule has 3 rings (SSSR count). The number of methoxy groups -OCH3 is 1. The number of hydrogen-bond acceptors (Lipinski definition) is 3. The molecule has 2 aromatic rings. The SMILES string of the molecule is COc1ccc(CN2C(=O)CS[C@H]2c2ccccc2F)cc1. The van der Waals surface area contributed by atoms with Crippen molar-refractivity contribution in [1.82, 2.24) is 4.90 Å². The molecule has 3 nitrogen and oxygen atoms in total. The molecule has 0 unspecified atom stereocenters. The van der Waals surface area contributed by atoms with Crippen molar-refractivity contribution >= 4 is 17.7 Å². The van der Waals surface area contributed by atoms with E-state index in [9.17, 15) is 9.18 Å². The molecule has 22 heavy (non-hydrogen) atoms. The molecule has 0 N–H and O–H groups in total. The Labute approximate surface area is 133 Å². The Morgan fingerprint density at radius 3 is 2.64 bits per heavy atom. The van der Waals surface area contributed by atoms with Crippen molar-refractivity contribution in [2.45, 2.75) is 11.9 Å². The standard InChI is InChI=1S/C17H16FNO2S/c1-21-13-8-6-12(7-9-13)10-19-16(20)11-22-17(19)14-4-2-3-5-15(14)18/h2-9,17H,10-11H2,1H3/t17-/m0/s1. The second kappa shape index (κ2) is 6.40. The zero-order valence-electron chi connectivity index (χ0n) is 12.2. The fourth-order valence-corrected chi connectivity index (χ4v) is 3.69. The molecule has 0 spiro atoms. The van der Waals surface area contributed by atoms with Crippen LogP contribution in [0.25, 0.3) is 0 Å². The predicted molar refractivity (Wildman–Crippen MR) is 85.1 cm³/mol. The van der Waals surface area contributed by atoms with Gasteiger partial charge in [-0.15, -0.1) is 11.8 Å². The Morgan fingerprint density at radius 1 is 1.23 bits per heavy atom. The van der Waals surface area contributed by atoms with Crippen LogP contribution in [-0.4, -0.2) is 23.7 Å². The number of benzene rings is 2. The van der Waals surface area contributed by atoms with Gasteiger partial charge in [0.25, 0.3) is 0 Å². The lowest BCUT2D eigenvalue weighted by atomic mass is 10.1. The van der Waals surface area contributed by atoms with Gasteiger partial charge in [0.1, 0.15) is 16.9 Å². The molecule has 0 radical (unpaired) electrons. The largest absolute Gasteiger partial charge is 0.497 e. The number of ether oxygens (including phenoxy) is 1. The van der Waals surface area contributed by atoms with Crippen molar-refractivity contribution < 1.29 is 13.9 Å². The zero-order chi connectivity index (χ0) is 15.5. The molecule has 1 aliphatic heterocycles. The van der Waals surface area contributed by atoms with E-state index in [1.54, 1.807) is 30.2 Å². The van der Waals surface area contributed by atoms with Crippen molar-refractivity contribution in [2.75, 3.05) is 12.9 Å². The summed E-state index contributed by atoms with van der Waals surface area (Å²) in [5.74, 6) is 0.926. The fourth-order valence-electron chi connectivity index (χ4n) is 2.49. The van der Waals surface area contributed by atoms with Gasteiger partial charge in [-0.3, -0.25) is 4.79 Å².